The topological polar surface area (TPSA) is 83.6 Å². The van der Waals surface area contributed by atoms with Crippen molar-refractivity contribution >= 4 is 11.7 Å². The number of aryl methyl sites for hydroxylation is 3. The normalized spacial score (nSPS) is 19.5. The summed E-state index contributed by atoms with van der Waals surface area (Å²) in [5.41, 5.74) is 1.97. The minimum Gasteiger partial charge on any atom is -0.391 e. The van der Waals surface area contributed by atoms with Crippen molar-refractivity contribution in [2.24, 2.45) is 0 Å². The van der Waals surface area contributed by atoms with Crippen molar-refractivity contribution in [3.05, 3.63) is 52.7 Å². The summed E-state index contributed by atoms with van der Waals surface area (Å²) in [6.07, 6.45) is -0.167. The molecule has 27 heavy (non-hydrogen) atoms. The molecule has 2 heterocycles. The first-order valence-electron chi connectivity index (χ1n) is 9.01. The van der Waals surface area contributed by atoms with Gasteiger partial charge in [-0.3, -0.25) is 9.59 Å². The number of amides is 1. The number of likely N-dealkylation sites (tertiary alicyclic amines) is 1. The molecule has 1 aliphatic heterocycles. The van der Waals surface area contributed by atoms with E-state index in [1.807, 2.05) is 0 Å². The van der Waals surface area contributed by atoms with Crippen LogP contribution >= 0.6 is 0 Å². The molecule has 0 radical (unpaired) electrons. The zero-order valence-corrected chi connectivity index (χ0v) is 15.4. The van der Waals surface area contributed by atoms with E-state index in [0.29, 0.717) is 17.0 Å². The highest BCUT2D eigenvalue weighted by Crippen LogP contribution is 2.22. The first-order valence-corrected chi connectivity index (χ1v) is 9.01. The highest BCUT2D eigenvalue weighted by molar-refractivity contribution is 5.90. The van der Waals surface area contributed by atoms with Crippen LogP contribution in [0.3, 0.4) is 0 Å². The molecule has 1 aromatic heterocycles. The van der Waals surface area contributed by atoms with Crippen molar-refractivity contribution in [2.75, 3.05) is 6.54 Å². The van der Waals surface area contributed by atoms with E-state index >= 15 is 0 Å². The summed E-state index contributed by atoms with van der Waals surface area (Å²) >= 11 is 0. The van der Waals surface area contributed by atoms with Gasteiger partial charge >= 0.3 is 0 Å². The quantitative estimate of drug-likeness (QED) is 0.838. The number of hydrogen-bond acceptors (Lipinski definition) is 5. The van der Waals surface area contributed by atoms with E-state index in [2.05, 4.69) is 5.16 Å². The molecule has 0 saturated carbocycles. The van der Waals surface area contributed by atoms with E-state index in [9.17, 15) is 19.1 Å². The summed E-state index contributed by atoms with van der Waals surface area (Å²) in [6, 6.07) is 5.90. The Morgan fingerprint density at radius 1 is 1.33 bits per heavy atom. The fourth-order valence-corrected chi connectivity index (χ4v) is 3.42. The zero-order chi connectivity index (χ0) is 19.6. The summed E-state index contributed by atoms with van der Waals surface area (Å²) in [5, 5.41) is 13.7. The molecule has 1 amide bonds. The van der Waals surface area contributed by atoms with Gasteiger partial charge in [0.05, 0.1) is 24.3 Å². The molecule has 1 aromatic carbocycles. The number of carbonyl (C=O) groups is 2. The van der Waals surface area contributed by atoms with Crippen molar-refractivity contribution in [2.45, 2.75) is 51.7 Å². The number of aliphatic hydroxyl groups is 1. The Morgan fingerprint density at radius 3 is 2.78 bits per heavy atom. The van der Waals surface area contributed by atoms with Crippen LogP contribution < -0.4 is 0 Å². The molecule has 0 spiro atoms. The van der Waals surface area contributed by atoms with E-state index in [0.717, 1.165) is 5.56 Å². The number of rotatable bonds is 6. The van der Waals surface area contributed by atoms with Crippen LogP contribution in [-0.4, -0.2) is 45.5 Å². The Morgan fingerprint density at radius 2 is 2.11 bits per heavy atom. The SMILES string of the molecule is Cc1ccc(CCC(=O)[C@@H]2C[C@@H](O)CN2C(=O)Cc2cc(C)no2)c(F)c1. The van der Waals surface area contributed by atoms with E-state index < -0.39 is 12.1 Å². The maximum Gasteiger partial charge on any atom is 0.231 e. The minimum absolute atomic E-state index is 0.00999. The van der Waals surface area contributed by atoms with Gasteiger partial charge in [0, 0.05) is 25.5 Å². The summed E-state index contributed by atoms with van der Waals surface area (Å²) in [5.74, 6) is -0.370. The standard InChI is InChI=1S/C20H23FN2O4/c1-12-3-4-14(17(21)7-12)5-6-19(25)18-9-15(24)11-23(18)20(26)10-16-8-13(2)22-27-16/h3-4,7-8,15,18,24H,5-6,9-11H2,1-2H3/t15-,18+/m1/s1. The molecule has 1 saturated heterocycles. The second-order valence-electron chi connectivity index (χ2n) is 7.12. The number of halogens is 1. The van der Waals surface area contributed by atoms with Gasteiger partial charge in [-0.15, -0.1) is 0 Å². The largest absolute Gasteiger partial charge is 0.391 e. The highest BCUT2D eigenvalue weighted by Gasteiger charge is 2.38. The van der Waals surface area contributed by atoms with E-state index in [4.69, 9.17) is 4.52 Å². The van der Waals surface area contributed by atoms with Crippen LogP contribution in [0.15, 0.2) is 28.8 Å². The monoisotopic (exact) mass is 374 g/mol. The molecule has 0 unspecified atom stereocenters. The maximum absolute atomic E-state index is 14.0. The van der Waals surface area contributed by atoms with Crippen LogP contribution in [-0.2, 0) is 22.4 Å². The molecule has 6 nitrogen and oxygen atoms in total. The fourth-order valence-electron chi connectivity index (χ4n) is 3.42. The van der Waals surface area contributed by atoms with Crippen molar-refractivity contribution in [3.8, 4) is 0 Å². The second kappa shape index (κ2) is 8.00. The van der Waals surface area contributed by atoms with Gasteiger partial charge in [-0.1, -0.05) is 17.3 Å². The first kappa shape index (κ1) is 19.2. The Labute approximate surface area is 157 Å². The van der Waals surface area contributed by atoms with Gasteiger partial charge in [0.15, 0.2) is 5.78 Å². The van der Waals surface area contributed by atoms with Gasteiger partial charge < -0.3 is 14.5 Å². The average Bonchev–Trinajstić information content (AvgIpc) is 3.19. The van der Waals surface area contributed by atoms with Crippen LogP contribution in [0.4, 0.5) is 4.39 Å². The Balaban J connectivity index is 1.63. The third kappa shape index (κ3) is 4.60. The van der Waals surface area contributed by atoms with Crippen LogP contribution in [0.25, 0.3) is 0 Å². The van der Waals surface area contributed by atoms with E-state index in [1.165, 1.54) is 11.0 Å². The molecule has 0 aliphatic carbocycles. The number of carbonyl (C=O) groups excluding carboxylic acids is 2. The lowest BCUT2D eigenvalue weighted by atomic mass is 10.00. The number of Topliss-reactive ketones (excluding diaryl/α,β-unsaturated/α-hetero) is 1. The molecule has 1 N–H and O–H groups in total. The molecule has 2 atom stereocenters. The lowest BCUT2D eigenvalue weighted by Gasteiger charge is -2.23. The smallest absolute Gasteiger partial charge is 0.231 e. The van der Waals surface area contributed by atoms with Crippen molar-refractivity contribution in [3.63, 3.8) is 0 Å². The summed E-state index contributed by atoms with van der Waals surface area (Å²) in [7, 11) is 0. The van der Waals surface area contributed by atoms with Crippen molar-refractivity contribution < 1.29 is 23.6 Å². The molecule has 0 bridgehead atoms. The number of nitrogens with zero attached hydrogens (tertiary/aromatic N) is 2. The summed E-state index contributed by atoms with van der Waals surface area (Å²) in [6.45, 7) is 3.67. The number of aliphatic hydroxyl groups excluding tert-OH is 1. The molecular weight excluding hydrogens is 351 g/mol. The minimum atomic E-state index is -0.740. The van der Waals surface area contributed by atoms with Gasteiger partial charge in [0.2, 0.25) is 5.91 Å². The lowest BCUT2D eigenvalue weighted by molar-refractivity contribution is -0.137. The molecule has 3 rings (SSSR count). The van der Waals surface area contributed by atoms with Gasteiger partial charge in [0.1, 0.15) is 11.6 Å². The molecule has 144 valence electrons. The van der Waals surface area contributed by atoms with Gasteiger partial charge in [-0.2, -0.15) is 0 Å². The van der Waals surface area contributed by atoms with E-state index in [1.54, 1.807) is 32.0 Å². The second-order valence-corrected chi connectivity index (χ2v) is 7.12. The van der Waals surface area contributed by atoms with Crippen molar-refractivity contribution in [1.82, 2.24) is 10.1 Å². The summed E-state index contributed by atoms with van der Waals surface area (Å²) in [4.78, 5) is 26.6. The number of β-amino-alcohol motifs (C(OH)–C–C–N with tert-alkyl or cyclic N) is 1. The number of ketones is 1. The van der Waals surface area contributed by atoms with E-state index in [-0.39, 0.29) is 49.7 Å². The maximum atomic E-state index is 14.0. The summed E-state index contributed by atoms with van der Waals surface area (Å²) < 4.78 is 19.0. The predicted octanol–water partition coefficient (Wildman–Crippen LogP) is 2.14. The fraction of sp³-hybridized carbons (Fsp3) is 0.450. The first-order chi connectivity index (χ1) is 12.8. The zero-order valence-electron chi connectivity index (χ0n) is 15.4. The van der Waals surface area contributed by atoms with Gasteiger partial charge in [-0.25, -0.2) is 4.39 Å². The van der Waals surface area contributed by atoms with Crippen LogP contribution in [0.2, 0.25) is 0 Å². The highest BCUT2D eigenvalue weighted by atomic mass is 19.1. The molecular formula is C20H23FN2O4. The number of hydrogen-bond donors (Lipinski definition) is 1. The van der Waals surface area contributed by atoms with Gasteiger partial charge in [-0.05, 0) is 37.5 Å². The number of aromatic nitrogens is 1. The van der Waals surface area contributed by atoms with Crippen LogP contribution in [0.1, 0.15) is 35.4 Å². The third-order valence-electron chi connectivity index (χ3n) is 4.82. The molecule has 7 heteroatoms. The number of benzene rings is 1. The third-order valence-corrected chi connectivity index (χ3v) is 4.82. The average molecular weight is 374 g/mol. The van der Waals surface area contributed by atoms with Crippen molar-refractivity contribution in [1.29, 1.82) is 0 Å². The van der Waals surface area contributed by atoms with Crippen LogP contribution in [0.5, 0.6) is 0 Å². The molecule has 1 fully saturated rings. The Kier molecular flexibility index (Phi) is 5.70. The Bertz CT molecular complexity index is 848. The van der Waals surface area contributed by atoms with Crippen LogP contribution in [0, 0.1) is 19.7 Å². The lowest BCUT2D eigenvalue weighted by Crippen LogP contribution is -2.41. The predicted molar refractivity (Wildman–Crippen MR) is 95.5 cm³/mol. The Hall–Kier alpha value is -2.54. The van der Waals surface area contributed by atoms with Gasteiger partial charge in [0.25, 0.3) is 0 Å². The molecule has 2 aromatic rings. The molecule has 1 aliphatic rings.